The zero-order valence-corrected chi connectivity index (χ0v) is 16.0. The highest BCUT2D eigenvalue weighted by Gasteiger charge is 2.50. The molecule has 0 radical (unpaired) electrons. The van der Waals surface area contributed by atoms with Crippen molar-refractivity contribution in [2.45, 2.75) is 51.0 Å². The number of carbonyl (C=O) groups is 1. The molecule has 3 unspecified atom stereocenters. The summed E-state index contributed by atoms with van der Waals surface area (Å²) in [5, 5.41) is 23.6. The van der Waals surface area contributed by atoms with Crippen molar-refractivity contribution in [3.8, 4) is 5.75 Å². The van der Waals surface area contributed by atoms with Gasteiger partial charge in [0.25, 0.3) is 0 Å². The van der Waals surface area contributed by atoms with E-state index < -0.39 is 35.8 Å². The lowest BCUT2D eigenvalue weighted by molar-refractivity contribution is -0.305. The molecule has 1 aliphatic heterocycles. The molecule has 4 atom stereocenters. The highest BCUT2D eigenvalue weighted by atomic mass is 16.7. The van der Waals surface area contributed by atoms with Crippen LogP contribution in [0, 0.1) is 0 Å². The lowest BCUT2D eigenvalue weighted by Crippen LogP contribution is -2.63. The largest absolute Gasteiger partial charge is 0.462 e. The summed E-state index contributed by atoms with van der Waals surface area (Å²) in [4.78, 5) is 23.1. The SMILES string of the molecule is COC1C(O)C(O)[C@H](Oc2ccc3cc(NC(C)=O)c(=O)oc3c2)OC1(C)C. The fourth-order valence-electron chi connectivity index (χ4n) is 3.28. The van der Waals surface area contributed by atoms with Gasteiger partial charge in [-0.15, -0.1) is 0 Å². The van der Waals surface area contributed by atoms with E-state index in [-0.39, 0.29) is 22.9 Å². The second-order valence-corrected chi connectivity index (χ2v) is 7.17. The first-order valence-corrected chi connectivity index (χ1v) is 8.71. The van der Waals surface area contributed by atoms with Crippen LogP contribution in [0.4, 0.5) is 5.69 Å². The van der Waals surface area contributed by atoms with Crippen LogP contribution in [0.3, 0.4) is 0 Å². The highest BCUT2D eigenvalue weighted by Crippen LogP contribution is 2.33. The van der Waals surface area contributed by atoms with Crippen LogP contribution in [0.5, 0.6) is 5.75 Å². The van der Waals surface area contributed by atoms with E-state index in [1.807, 2.05) is 0 Å². The second-order valence-electron chi connectivity index (χ2n) is 7.17. The van der Waals surface area contributed by atoms with Gasteiger partial charge in [-0.25, -0.2) is 4.79 Å². The molecule has 3 N–H and O–H groups in total. The Bertz CT molecular complexity index is 937. The Morgan fingerprint density at radius 1 is 1.21 bits per heavy atom. The lowest BCUT2D eigenvalue weighted by atomic mass is 9.89. The minimum Gasteiger partial charge on any atom is -0.462 e. The van der Waals surface area contributed by atoms with Crippen LogP contribution in [0.2, 0.25) is 0 Å². The van der Waals surface area contributed by atoms with Crippen LogP contribution in [-0.4, -0.2) is 53.4 Å². The third-order valence-corrected chi connectivity index (χ3v) is 4.57. The molecule has 0 saturated carbocycles. The van der Waals surface area contributed by atoms with E-state index in [4.69, 9.17) is 18.6 Å². The number of aliphatic hydroxyl groups excluding tert-OH is 2. The fourth-order valence-corrected chi connectivity index (χ4v) is 3.28. The summed E-state index contributed by atoms with van der Waals surface area (Å²) in [6.07, 6.45) is -4.44. The molecule has 152 valence electrons. The molecule has 1 aromatic carbocycles. The summed E-state index contributed by atoms with van der Waals surface area (Å²) >= 11 is 0. The highest BCUT2D eigenvalue weighted by molar-refractivity contribution is 5.91. The van der Waals surface area contributed by atoms with Gasteiger partial charge in [-0.3, -0.25) is 4.79 Å². The van der Waals surface area contributed by atoms with Gasteiger partial charge in [-0.1, -0.05) is 0 Å². The van der Waals surface area contributed by atoms with Crippen LogP contribution >= 0.6 is 0 Å². The molecule has 0 spiro atoms. The zero-order valence-electron chi connectivity index (χ0n) is 16.0. The Morgan fingerprint density at radius 3 is 2.57 bits per heavy atom. The third kappa shape index (κ3) is 3.88. The molecule has 2 aromatic rings. The maximum atomic E-state index is 12.0. The minimum atomic E-state index is -1.34. The van der Waals surface area contributed by atoms with Crippen molar-refractivity contribution < 1.29 is 33.6 Å². The molecule has 1 aromatic heterocycles. The number of benzene rings is 1. The standard InChI is InChI=1S/C19H23NO8/c1-9(21)20-12-7-10-5-6-11(8-13(10)27-17(12)24)26-18-15(23)14(22)16(25-4)19(2,3)28-18/h5-8,14-16,18,22-23H,1-4H3,(H,20,21)/t14?,15?,16?,18-/m1/s1. The van der Waals surface area contributed by atoms with Gasteiger partial charge in [0, 0.05) is 25.5 Å². The molecule has 9 nitrogen and oxygen atoms in total. The van der Waals surface area contributed by atoms with Crippen LogP contribution < -0.4 is 15.7 Å². The second kappa shape index (κ2) is 7.51. The molecule has 1 amide bonds. The summed E-state index contributed by atoms with van der Waals surface area (Å²) in [6, 6.07) is 6.19. The number of amides is 1. The summed E-state index contributed by atoms with van der Waals surface area (Å²) in [6.45, 7) is 4.73. The quantitative estimate of drug-likeness (QED) is 0.657. The zero-order chi connectivity index (χ0) is 20.6. The average molecular weight is 393 g/mol. The smallest absolute Gasteiger partial charge is 0.360 e. The molecule has 28 heavy (non-hydrogen) atoms. The summed E-state index contributed by atoms with van der Waals surface area (Å²) < 4.78 is 21.9. The van der Waals surface area contributed by atoms with Crippen molar-refractivity contribution in [3.05, 3.63) is 34.7 Å². The van der Waals surface area contributed by atoms with Crippen molar-refractivity contribution in [2.75, 3.05) is 12.4 Å². The van der Waals surface area contributed by atoms with Gasteiger partial charge in [-0.2, -0.15) is 0 Å². The number of fused-ring (bicyclic) bond motifs is 1. The number of hydrogen-bond acceptors (Lipinski definition) is 8. The van der Waals surface area contributed by atoms with E-state index in [2.05, 4.69) is 5.32 Å². The topological polar surface area (TPSA) is 127 Å². The molecule has 1 fully saturated rings. The van der Waals surface area contributed by atoms with Gasteiger partial charge in [0.15, 0.2) is 0 Å². The van der Waals surface area contributed by atoms with Crippen LogP contribution in [0.25, 0.3) is 11.0 Å². The van der Waals surface area contributed by atoms with E-state index in [0.29, 0.717) is 5.39 Å². The average Bonchev–Trinajstić information content (AvgIpc) is 2.60. The number of aliphatic hydroxyl groups is 2. The summed E-state index contributed by atoms with van der Waals surface area (Å²) in [7, 11) is 1.42. The Labute approximate surface area is 160 Å². The molecule has 1 aliphatic rings. The normalized spacial score (nSPS) is 26.8. The third-order valence-electron chi connectivity index (χ3n) is 4.57. The number of hydrogen-bond donors (Lipinski definition) is 3. The van der Waals surface area contributed by atoms with E-state index in [1.54, 1.807) is 26.0 Å². The van der Waals surface area contributed by atoms with E-state index >= 15 is 0 Å². The molecule has 1 saturated heterocycles. The van der Waals surface area contributed by atoms with Crippen LogP contribution in [0.15, 0.2) is 33.5 Å². The Hall–Kier alpha value is -2.46. The minimum absolute atomic E-state index is 0.0372. The molecule has 0 bridgehead atoms. The van der Waals surface area contributed by atoms with Crippen molar-refractivity contribution in [1.82, 2.24) is 0 Å². The van der Waals surface area contributed by atoms with Crippen molar-refractivity contribution in [2.24, 2.45) is 0 Å². The van der Waals surface area contributed by atoms with Crippen LogP contribution in [0.1, 0.15) is 20.8 Å². The Balaban J connectivity index is 1.86. The summed E-state index contributed by atoms with van der Waals surface area (Å²) in [5.41, 5.74) is -1.34. The summed E-state index contributed by atoms with van der Waals surface area (Å²) in [5.74, 6) is -0.114. The van der Waals surface area contributed by atoms with E-state index in [1.165, 1.54) is 26.2 Å². The van der Waals surface area contributed by atoms with Gasteiger partial charge in [0.2, 0.25) is 12.2 Å². The number of rotatable bonds is 4. The van der Waals surface area contributed by atoms with Gasteiger partial charge in [-0.05, 0) is 32.0 Å². The predicted molar refractivity (Wildman–Crippen MR) is 99.2 cm³/mol. The monoisotopic (exact) mass is 393 g/mol. The number of nitrogens with one attached hydrogen (secondary N) is 1. The first kappa shape index (κ1) is 20.3. The first-order valence-electron chi connectivity index (χ1n) is 8.71. The van der Waals surface area contributed by atoms with Gasteiger partial charge in [0.05, 0.1) is 5.60 Å². The molecular weight excluding hydrogens is 370 g/mol. The number of ether oxygens (including phenoxy) is 3. The number of carbonyl (C=O) groups excluding carboxylic acids is 1. The molecule has 3 rings (SSSR count). The number of anilines is 1. The van der Waals surface area contributed by atoms with Crippen molar-refractivity contribution in [3.63, 3.8) is 0 Å². The van der Waals surface area contributed by atoms with Gasteiger partial charge < -0.3 is 34.2 Å². The first-order chi connectivity index (χ1) is 13.1. The maximum Gasteiger partial charge on any atom is 0.360 e. The number of methoxy groups -OCH3 is 1. The van der Waals surface area contributed by atoms with Crippen molar-refractivity contribution >= 4 is 22.6 Å². The molecule has 0 aliphatic carbocycles. The van der Waals surface area contributed by atoms with Crippen LogP contribution in [-0.2, 0) is 14.3 Å². The molecular formula is C19H23NO8. The lowest BCUT2D eigenvalue weighted by Gasteiger charge is -2.46. The molecule has 9 heteroatoms. The van der Waals surface area contributed by atoms with E-state index in [0.717, 1.165) is 0 Å². The van der Waals surface area contributed by atoms with Gasteiger partial charge >= 0.3 is 5.63 Å². The Kier molecular flexibility index (Phi) is 5.44. The van der Waals surface area contributed by atoms with Gasteiger partial charge in [0.1, 0.15) is 35.3 Å². The van der Waals surface area contributed by atoms with Crippen molar-refractivity contribution in [1.29, 1.82) is 0 Å². The predicted octanol–water partition coefficient (Wildman–Crippen LogP) is 1.00. The fraction of sp³-hybridized carbons (Fsp3) is 0.474. The Morgan fingerprint density at radius 2 is 1.93 bits per heavy atom. The van der Waals surface area contributed by atoms with E-state index in [9.17, 15) is 19.8 Å². The molecule has 2 heterocycles. The maximum absolute atomic E-state index is 12.0.